The molecule has 2 aromatic rings. The smallest absolute Gasteiger partial charge is 0.340 e. The first-order valence-corrected chi connectivity index (χ1v) is 8.07. The number of hydrogen-bond acceptors (Lipinski definition) is 4. The molecule has 0 bridgehead atoms. The lowest BCUT2D eigenvalue weighted by atomic mass is 9.95. The molecule has 3 N–H and O–H groups in total. The van der Waals surface area contributed by atoms with Crippen molar-refractivity contribution in [2.75, 3.05) is 7.11 Å². The van der Waals surface area contributed by atoms with Gasteiger partial charge >= 0.3 is 5.97 Å². The van der Waals surface area contributed by atoms with Crippen molar-refractivity contribution in [3.05, 3.63) is 70.8 Å². The van der Waals surface area contributed by atoms with Crippen LogP contribution in [0.2, 0.25) is 0 Å². The SMILES string of the molecule is C=C(C)C(O)Cc1c(OC)cc(/C=C/c2ccccc2)c(C(=O)O)c1O. The number of carboxylic acid groups (broad SMARTS) is 1. The van der Waals surface area contributed by atoms with E-state index in [0.717, 1.165) is 5.56 Å². The number of aromatic hydroxyl groups is 1. The maximum absolute atomic E-state index is 11.7. The number of carboxylic acids is 1. The minimum Gasteiger partial charge on any atom is -0.507 e. The van der Waals surface area contributed by atoms with Crippen LogP contribution in [0.3, 0.4) is 0 Å². The van der Waals surface area contributed by atoms with Gasteiger partial charge in [0.2, 0.25) is 0 Å². The molecule has 26 heavy (non-hydrogen) atoms. The minimum atomic E-state index is -1.26. The highest BCUT2D eigenvalue weighted by Gasteiger charge is 2.23. The molecule has 0 saturated carbocycles. The van der Waals surface area contributed by atoms with Crippen molar-refractivity contribution < 1.29 is 24.9 Å². The average Bonchev–Trinajstić information content (AvgIpc) is 2.61. The Bertz CT molecular complexity index is 837. The Hall–Kier alpha value is -3.05. The quantitative estimate of drug-likeness (QED) is 0.521. The third-order valence-corrected chi connectivity index (χ3v) is 4.05. The molecule has 5 nitrogen and oxygen atoms in total. The summed E-state index contributed by atoms with van der Waals surface area (Å²) in [6.07, 6.45) is 2.46. The van der Waals surface area contributed by atoms with Gasteiger partial charge in [-0.3, -0.25) is 0 Å². The first-order chi connectivity index (χ1) is 12.3. The second kappa shape index (κ2) is 8.36. The third-order valence-electron chi connectivity index (χ3n) is 4.05. The van der Waals surface area contributed by atoms with Gasteiger partial charge in [0.15, 0.2) is 0 Å². The zero-order valence-corrected chi connectivity index (χ0v) is 14.8. The number of aliphatic hydroxyl groups is 1. The molecule has 0 radical (unpaired) electrons. The van der Waals surface area contributed by atoms with Crippen molar-refractivity contribution in [2.24, 2.45) is 0 Å². The third kappa shape index (κ3) is 4.32. The standard InChI is InChI=1S/C21H22O5/c1-13(2)17(22)12-16-18(26-3)11-15(19(20(16)23)21(24)25)10-9-14-7-5-4-6-8-14/h4-11,17,22-23H,1,12H2,2-3H3,(H,24,25)/b10-9+. The van der Waals surface area contributed by atoms with Crippen molar-refractivity contribution in [1.29, 1.82) is 0 Å². The fourth-order valence-electron chi connectivity index (χ4n) is 2.56. The van der Waals surface area contributed by atoms with Gasteiger partial charge in [-0.2, -0.15) is 0 Å². The first kappa shape index (κ1) is 19.3. The van der Waals surface area contributed by atoms with Crippen LogP contribution < -0.4 is 4.74 Å². The lowest BCUT2D eigenvalue weighted by Gasteiger charge is -2.17. The van der Waals surface area contributed by atoms with Crippen LogP contribution in [-0.2, 0) is 6.42 Å². The van der Waals surface area contributed by atoms with Gasteiger partial charge in [-0.05, 0) is 24.1 Å². The number of phenols is 1. The Morgan fingerprint density at radius 3 is 2.46 bits per heavy atom. The van der Waals surface area contributed by atoms with Crippen LogP contribution in [0.25, 0.3) is 12.2 Å². The number of aromatic carboxylic acids is 1. The maximum atomic E-state index is 11.7. The Morgan fingerprint density at radius 1 is 1.27 bits per heavy atom. The molecule has 0 fully saturated rings. The largest absolute Gasteiger partial charge is 0.507 e. The number of benzene rings is 2. The lowest BCUT2D eigenvalue weighted by Crippen LogP contribution is -2.14. The summed E-state index contributed by atoms with van der Waals surface area (Å²) < 4.78 is 5.31. The van der Waals surface area contributed by atoms with Crippen molar-refractivity contribution in [2.45, 2.75) is 19.4 Å². The van der Waals surface area contributed by atoms with Gasteiger partial charge in [-0.25, -0.2) is 4.79 Å². The molecule has 5 heteroatoms. The highest BCUT2D eigenvalue weighted by Crippen LogP contribution is 2.36. The molecular weight excluding hydrogens is 332 g/mol. The normalized spacial score (nSPS) is 12.1. The highest BCUT2D eigenvalue weighted by atomic mass is 16.5. The van der Waals surface area contributed by atoms with Gasteiger partial charge in [0.1, 0.15) is 17.1 Å². The Morgan fingerprint density at radius 2 is 1.92 bits per heavy atom. The van der Waals surface area contributed by atoms with Crippen molar-refractivity contribution in [1.82, 2.24) is 0 Å². The molecule has 2 aromatic carbocycles. The summed E-state index contributed by atoms with van der Waals surface area (Å²) in [4.78, 5) is 11.7. The van der Waals surface area contributed by atoms with Crippen LogP contribution in [0.5, 0.6) is 11.5 Å². The predicted octanol–water partition coefficient (Wildman–Crippen LogP) is 3.75. The molecule has 2 rings (SSSR count). The van der Waals surface area contributed by atoms with E-state index < -0.39 is 17.8 Å². The van der Waals surface area contributed by atoms with Gasteiger partial charge in [0, 0.05) is 12.0 Å². The summed E-state index contributed by atoms with van der Waals surface area (Å²) in [7, 11) is 1.43. The van der Waals surface area contributed by atoms with Crippen LogP contribution in [0.15, 0.2) is 48.6 Å². The van der Waals surface area contributed by atoms with Gasteiger partial charge in [-0.1, -0.05) is 54.6 Å². The molecule has 136 valence electrons. The predicted molar refractivity (Wildman–Crippen MR) is 102 cm³/mol. The zero-order chi connectivity index (χ0) is 19.3. The molecule has 0 amide bonds. The minimum absolute atomic E-state index is 0.00724. The summed E-state index contributed by atoms with van der Waals surface area (Å²) in [6.45, 7) is 5.33. The number of aliphatic hydroxyl groups excluding tert-OH is 1. The van der Waals surface area contributed by atoms with E-state index in [4.69, 9.17) is 4.74 Å². The summed E-state index contributed by atoms with van der Waals surface area (Å²) >= 11 is 0. The number of rotatable bonds is 7. The van der Waals surface area contributed by atoms with Crippen LogP contribution in [0, 0.1) is 0 Å². The Kier molecular flexibility index (Phi) is 6.20. The van der Waals surface area contributed by atoms with E-state index in [1.54, 1.807) is 25.1 Å². The van der Waals surface area contributed by atoms with Crippen LogP contribution in [-0.4, -0.2) is 34.5 Å². The van der Waals surface area contributed by atoms with Crippen LogP contribution in [0.1, 0.15) is 34.0 Å². The van der Waals surface area contributed by atoms with E-state index in [1.807, 2.05) is 30.3 Å². The van der Waals surface area contributed by atoms with Gasteiger partial charge in [0.25, 0.3) is 0 Å². The number of hydrogen-bond donors (Lipinski definition) is 3. The first-order valence-electron chi connectivity index (χ1n) is 8.07. The van der Waals surface area contributed by atoms with Gasteiger partial charge in [0.05, 0.1) is 13.2 Å². The molecule has 1 unspecified atom stereocenters. The molecule has 0 aliphatic heterocycles. The summed E-state index contributed by atoms with van der Waals surface area (Å²) in [5.74, 6) is -1.37. The topological polar surface area (TPSA) is 87.0 Å². The van der Waals surface area contributed by atoms with Crippen LogP contribution in [0.4, 0.5) is 0 Å². The van der Waals surface area contributed by atoms with Crippen LogP contribution >= 0.6 is 0 Å². The van der Waals surface area contributed by atoms with E-state index in [-0.39, 0.29) is 17.5 Å². The lowest BCUT2D eigenvalue weighted by molar-refractivity contribution is 0.0693. The number of ether oxygens (including phenoxy) is 1. The van der Waals surface area contributed by atoms with Gasteiger partial charge < -0.3 is 20.1 Å². The van der Waals surface area contributed by atoms with Gasteiger partial charge in [-0.15, -0.1) is 0 Å². The fraction of sp³-hybridized carbons (Fsp3) is 0.190. The highest BCUT2D eigenvalue weighted by molar-refractivity contribution is 5.97. The molecule has 0 aliphatic carbocycles. The molecule has 0 heterocycles. The summed E-state index contributed by atoms with van der Waals surface area (Å²) in [5.41, 5.74) is 1.71. The molecule has 0 spiro atoms. The van der Waals surface area contributed by atoms with E-state index >= 15 is 0 Å². The Labute approximate surface area is 152 Å². The molecule has 1 atom stereocenters. The second-order valence-corrected chi connectivity index (χ2v) is 5.99. The molecule has 0 aliphatic rings. The average molecular weight is 354 g/mol. The summed E-state index contributed by atoms with van der Waals surface area (Å²) in [5, 5.41) is 30.2. The fourth-order valence-corrected chi connectivity index (χ4v) is 2.56. The van der Waals surface area contributed by atoms with Crippen molar-refractivity contribution in [3.8, 4) is 11.5 Å². The van der Waals surface area contributed by atoms with Crippen molar-refractivity contribution >= 4 is 18.1 Å². The maximum Gasteiger partial charge on any atom is 0.340 e. The number of methoxy groups -OCH3 is 1. The summed E-state index contributed by atoms with van der Waals surface area (Å²) in [6, 6.07) is 10.9. The zero-order valence-electron chi connectivity index (χ0n) is 14.8. The van der Waals surface area contributed by atoms with E-state index in [1.165, 1.54) is 7.11 Å². The second-order valence-electron chi connectivity index (χ2n) is 5.99. The molecule has 0 aromatic heterocycles. The molecular formula is C21H22O5. The molecule has 0 saturated heterocycles. The van der Waals surface area contributed by atoms with Crippen molar-refractivity contribution in [3.63, 3.8) is 0 Å². The number of carbonyl (C=O) groups is 1. The van der Waals surface area contributed by atoms with E-state index in [2.05, 4.69) is 6.58 Å². The van der Waals surface area contributed by atoms with E-state index in [9.17, 15) is 20.1 Å². The monoisotopic (exact) mass is 354 g/mol. The Balaban J connectivity index is 2.55. The van der Waals surface area contributed by atoms with E-state index in [0.29, 0.717) is 16.9 Å².